The van der Waals surface area contributed by atoms with Crippen LogP contribution in [-0.2, 0) is 0 Å². The zero-order chi connectivity index (χ0) is 24.2. The van der Waals surface area contributed by atoms with E-state index in [1.165, 1.54) is 9.58 Å². The lowest BCUT2D eigenvalue weighted by Gasteiger charge is -2.37. The Hall–Kier alpha value is -4.38. The molecule has 0 saturated heterocycles. The van der Waals surface area contributed by atoms with Crippen molar-refractivity contribution in [1.29, 1.82) is 0 Å². The number of hydrogen-bond acceptors (Lipinski definition) is 7. The molecule has 1 aliphatic rings. The molecule has 0 spiro atoms. The van der Waals surface area contributed by atoms with Gasteiger partial charge in [-0.15, -0.1) is 0 Å². The van der Waals surface area contributed by atoms with Gasteiger partial charge in [0.15, 0.2) is 17.1 Å². The van der Waals surface area contributed by atoms with Crippen LogP contribution in [0.5, 0.6) is 5.75 Å². The average molecular weight is 459 g/mol. The summed E-state index contributed by atoms with van der Waals surface area (Å²) in [5, 5.41) is 37.4. The van der Waals surface area contributed by atoms with Gasteiger partial charge >= 0.3 is 0 Å². The number of benzene rings is 1. The van der Waals surface area contributed by atoms with Crippen molar-refractivity contribution in [2.45, 2.75) is 12.1 Å². The van der Waals surface area contributed by atoms with Gasteiger partial charge in [0.25, 0.3) is 5.91 Å². The molecule has 0 bridgehead atoms. The van der Waals surface area contributed by atoms with E-state index in [1.807, 2.05) is 30.3 Å². The SMILES string of the molecule is CN1CC(C(c2ccccc2)n2cc(C#CCO)c(C#CCO)n2)n2ncc(=O)c(O)c2C1=O. The predicted molar refractivity (Wildman–Crippen MR) is 121 cm³/mol. The number of aliphatic hydroxyl groups excluding tert-OH is 2. The van der Waals surface area contributed by atoms with Crippen LogP contribution in [0.3, 0.4) is 0 Å². The average Bonchev–Trinajstić information content (AvgIpc) is 3.24. The number of hydrogen-bond donors (Lipinski definition) is 3. The summed E-state index contributed by atoms with van der Waals surface area (Å²) in [6.07, 6.45) is 2.64. The first-order valence-corrected chi connectivity index (χ1v) is 10.4. The molecule has 1 amide bonds. The molecule has 172 valence electrons. The third-order valence-corrected chi connectivity index (χ3v) is 5.42. The van der Waals surface area contributed by atoms with E-state index < -0.39 is 29.2 Å². The summed E-state index contributed by atoms with van der Waals surface area (Å²) in [5.41, 5.74) is 0.651. The van der Waals surface area contributed by atoms with E-state index in [-0.39, 0.29) is 25.5 Å². The van der Waals surface area contributed by atoms with E-state index in [0.717, 1.165) is 11.8 Å². The number of likely N-dealkylation sites (N-methyl/N-ethyl adjacent to an activating group) is 1. The summed E-state index contributed by atoms with van der Waals surface area (Å²) in [6, 6.07) is 8.28. The van der Waals surface area contributed by atoms with E-state index in [2.05, 4.69) is 33.9 Å². The van der Waals surface area contributed by atoms with E-state index in [4.69, 9.17) is 10.2 Å². The van der Waals surface area contributed by atoms with Crippen molar-refractivity contribution >= 4 is 5.91 Å². The molecule has 2 atom stereocenters. The fourth-order valence-electron chi connectivity index (χ4n) is 3.94. The molecule has 1 aliphatic heterocycles. The number of aliphatic hydroxyl groups is 2. The van der Waals surface area contributed by atoms with Crippen molar-refractivity contribution in [2.75, 3.05) is 26.8 Å². The summed E-state index contributed by atoms with van der Waals surface area (Å²) in [5.74, 6) is 9.54. The Bertz CT molecular complexity index is 1370. The molecular formula is C24H21N5O5. The lowest BCUT2D eigenvalue weighted by molar-refractivity contribution is 0.0667. The first-order chi connectivity index (χ1) is 16.5. The molecule has 10 nitrogen and oxygen atoms in total. The Morgan fingerprint density at radius 3 is 2.53 bits per heavy atom. The highest BCUT2D eigenvalue weighted by molar-refractivity contribution is 5.95. The van der Waals surface area contributed by atoms with Crippen molar-refractivity contribution in [3.63, 3.8) is 0 Å². The van der Waals surface area contributed by atoms with Crippen LogP contribution in [-0.4, -0.2) is 72.5 Å². The standard InChI is InChI=1S/C24H21N5O5/c1-27-15-19(29-22(24(27)34)23(33)20(32)13-25-29)21(16-7-3-2-4-8-16)28-14-17(9-5-11-30)18(26-28)10-6-12-31/h2-4,7-8,13-14,19,21,30-31,33H,11-12,15H2,1H3. The Kier molecular flexibility index (Phi) is 6.46. The number of amides is 1. The van der Waals surface area contributed by atoms with Crippen molar-refractivity contribution in [1.82, 2.24) is 24.5 Å². The molecule has 1 aromatic carbocycles. The van der Waals surface area contributed by atoms with Gasteiger partial charge in [0.1, 0.15) is 19.3 Å². The van der Waals surface area contributed by atoms with Crippen molar-refractivity contribution < 1.29 is 20.1 Å². The van der Waals surface area contributed by atoms with E-state index in [1.54, 1.807) is 17.9 Å². The van der Waals surface area contributed by atoms with Gasteiger partial charge in [-0.3, -0.25) is 14.3 Å². The van der Waals surface area contributed by atoms with E-state index in [0.29, 0.717) is 11.3 Å². The largest absolute Gasteiger partial charge is 0.502 e. The first-order valence-electron chi connectivity index (χ1n) is 10.4. The number of aromatic hydroxyl groups is 1. The maximum Gasteiger partial charge on any atom is 0.275 e. The van der Waals surface area contributed by atoms with Gasteiger partial charge in [0.2, 0.25) is 5.43 Å². The maximum absolute atomic E-state index is 12.8. The van der Waals surface area contributed by atoms with Crippen LogP contribution >= 0.6 is 0 Å². The monoisotopic (exact) mass is 459 g/mol. The van der Waals surface area contributed by atoms with Crippen LogP contribution in [0.25, 0.3) is 0 Å². The number of nitrogens with zero attached hydrogens (tertiary/aromatic N) is 5. The third kappa shape index (κ3) is 4.16. The van der Waals surface area contributed by atoms with Crippen molar-refractivity contribution in [2.24, 2.45) is 0 Å². The van der Waals surface area contributed by atoms with Crippen LogP contribution in [0, 0.1) is 23.7 Å². The quantitative estimate of drug-likeness (QED) is 0.460. The zero-order valence-corrected chi connectivity index (χ0v) is 18.2. The highest BCUT2D eigenvalue weighted by Crippen LogP contribution is 2.35. The van der Waals surface area contributed by atoms with Crippen molar-refractivity contribution in [3.8, 4) is 29.4 Å². The van der Waals surface area contributed by atoms with Crippen LogP contribution in [0.1, 0.15) is 39.4 Å². The second-order valence-electron chi connectivity index (χ2n) is 7.55. The minimum atomic E-state index is -0.743. The molecule has 2 aromatic heterocycles. The normalized spacial score (nSPS) is 15.6. The number of carbonyl (C=O) groups excluding carboxylic acids is 1. The summed E-state index contributed by atoms with van der Waals surface area (Å²) < 4.78 is 2.99. The van der Waals surface area contributed by atoms with Crippen LogP contribution in [0.2, 0.25) is 0 Å². The van der Waals surface area contributed by atoms with Gasteiger partial charge in [-0.2, -0.15) is 10.2 Å². The van der Waals surface area contributed by atoms with Gasteiger partial charge in [-0.1, -0.05) is 48.1 Å². The second kappa shape index (κ2) is 9.63. The summed E-state index contributed by atoms with van der Waals surface area (Å²) in [6.45, 7) is -0.489. The number of rotatable bonds is 3. The molecule has 3 heterocycles. The molecule has 34 heavy (non-hydrogen) atoms. The number of fused-ring (bicyclic) bond motifs is 1. The molecule has 0 aliphatic carbocycles. The number of aromatic nitrogens is 4. The van der Waals surface area contributed by atoms with Gasteiger partial charge in [0.05, 0.1) is 17.8 Å². The summed E-state index contributed by atoms with van der Waals surface area (Å²) >= 11 is 0. The topological polar surface area (TPSA) is 134 Å². The van der Waals surface area contributed by atoms with Gasteiger partial charge in [0, 0.05) is 19.8 Å². The minimum Gasteiger partial charge on any atom is -0.502 e. The maximum atomic E-state index is 12.8. The molecule has 0 fully saturated rings. The first kappa shape index (κ1) is 22.8. The highest BCUT2D eigenvalue weighted by atomic mass is 16.3. The molecule has 10 heteroatoms. The summed E-state index contributed by atoms with van der Waals surface area (Å²) in [4.78, 5) is 26.2. The smallest absolute Gasteiger partial charge is 0.275 e. The van der Waals surface area contributed by atoms with Crippen LogP contribution in [0.15, 0.2) is 47.5 Å². The third-order valence-electron chi connectivity index (χ3n) is 5.42. The Morgan fingerprint density at radius 1 is 1.12 bits per heavy atom. The lowest BCUT2D eigenvalue weighted by Crippen LogP contribution is -2.46. The minimum absolute atomic E-state index is 0.195. The molecule has 0 radical (unpaired) electrons. The Balaban J connectivity index is 1.95. The Labute approximate surface area is 194 Å². The van der Waals surface area contributed by atoms with E-state index in [9.17, 15) is 14.7 Å². The van der Waals surface area contributed by atoms with Crippen LogP contribution < -0.4 is 5.43 Å². The van der Waals surface area contributed by atoms with Gasteiger partial charge in [-0.25, -0.2) is 4.68 Å². The number of carbonyl (C=O) groups is 1. The lowest BCUT2D eigenvalue weighted by atomic mass is 9.97. The van der Waals surface area contributed by atoms with Gasteiger partial charge in [-0.05, 0) is 11.5 Å². The second-order valence-corrected chi connectivity index (χ2v) is 7.55. The molecule has 2 unspecified atom stereocenters. The highest BCUT2D eigenvalue weighted by Gasteiger charge is 2.39. The molecular weight excluding hydrogens is 438 g/mol. The Morgan fingerprint density at radius 2 is 1.82 bits per heavy atom. The fourth-order valence-corrected chi connectivity index (χ4v) is 3.94. The molecule has 0 saturated carbocycles. The molecule has 3 N–H and O–H groups in total. The molecule has 3 aromatic rings. The summed E-state index contributed by atoms with van der Waals surface area (Å²) in [7, 11) is 1.58. The van der Waals surface area contributed by atoms with Gasteiger partial charge < -0.3 is 20.2 Å². The van der Waals surface area contributed by atoms with E-state index >= 15 is 0 Å². The molecule has 4 rings (SSSR count). The predicted octanol–water partition coefficient (Wildman–Crippen LogP) is -0.251. The zero-order valence-electron chi connectivity index (χ0n) is 18.2. The van der Waals surface area contributed by atoms with Crippen LogP contribution in [0.4, 0.5) is 0 Å². The van der Waals surface area contributed by atoms with Crippen molar-refractivity contribution in [3.05, 3.63) is 75.5 Å². The fraction of sp³-hybridized carbons (Fsp3) is 0.250.